The van der Waals surface area contributed by atoms with Gasteiger partial charge in [-0.3, -0.25) is 14.4 Å². The van der Waals surface area contributed by atoms with Gasteiger partial charge in [0.1, 0.15) is 12.6 Å². The van der Waals surface area contributed by atoms with Gasteiger partial charge in [0.05, 0.1) is 6.42 Å². The summed E-state index contributed by atoms with van der Waals surface area (Å²) in [5, 5.41) is 4.89. The van der Waals surface area contributed by atoms with Crippen LogP contribution in [0.1, 0.15) is 22.4 Å². The fourth-order valence-corrected chi connectivity index (χ4v) is 4.69. The summed E-state index contributed by atoms with van der Waals surface area (Å²) in [5.74, 6) is -0.546. The van der Waals surface area contributed by atoms with Gasteiger partial charge in [0.25, 0.3) is 0 Å². The summed E-state index contributed by atoms with van der Waals surface area (Å²) in [6.45, 7) is 1.19. The molecule has 0 saturated carbocycles. The largest absolute Gasteiger partial charge is 0.352 e. The van der Waals surface area contributed by atoms with Crippen molar-refractivity contribution >= 4 is 29.1 Å². The zero-order valence-corrected chi connectivity index (χ0v) is 19.2. The van der Waals surface area contributed by atoms with Crippen LogP contribution in [0.4, 0.5) is 0 Å². The SMILES string of the molecule is O=C(CC1C(=O)N(Cc2ccccc2)CC(=O)N1CCc1cccs1)NCc1ccccc1. The molecular formula is C26H27N3O3S. The average molecular weight is 462 g/mol. The second-order valence-electron chi connectivity index (χ2n) is 8.08. The lowest BCUT2D eigenvalue weighted by Gasteiger charge is -2.40. The standard InChI is InChI=1S/C26H27N3O3S/c30-24(27-17-20-8-3-1-4-9-20)16-23-26(32)28(18-21-10-5-2-6-11-21)19-25(31)29(23)14-13-22-12-7-15-33-22/h1-12,15,23H,13-14,16-19H2,(H,27,30). The number of benzene rings is 2. The highest BCUT2D eigenvalue weighted by molar-refractivity contribution is 7.09. The van der Waals surface area contributed by atoms with E-state index in [9.17, 15) is 14.4 Å². The molecule has 1 unspecified atom stereocenters. The summed E-state index contributed by atoms with van der Waals surface area (Å²) in [5.41, 5.74) is 1.94. The van der Waals surface area contributed by atoms with Crippen LogP contribution >= 0.6 is 11.3 Å². The van der Waals surface area contributed by atoms with Crippen LogP contribution in [0.2, 0.25) is 0 Å². The van der Waals surface area contributed by atoms with Gasteiger partial charge in [-0.05, 0) is 29.0 Å². The van der Waals surface area contributed by atoms with Crippen LogP contribution in [0, 0.1) is 0 Å². The van der Waals surface area contributed by atoms with Crippen LogP contribution in [-0.4, -0.2) is 46.7 Å². The minimum Gasteiger partial charge on any atom is -0.352 e. The Labute approximate surface area is 197 Å². The van der Waals surface area contributed by atoms with E-state index in [1.165, 1.54) is 0 Å². The van der Waals surface area contributed by atoms with E-state index in [1.807, 2.05) is 78.2 Å². The number of hydrogen-bond donors (Lipinski definition) is 1. The normalized spacial score (nSPS) is 16.2. The minimum absolute atomic E-state index is 0.0281. The molecule has 0 radical (unpaired) electrons. The number of hydrogen-bond acceptors (Lipinski definition) is 4. The van der Waals surface area contributed by atoms with Gasteiger partial charge < -0.3 is 15.1 Å². The molecule has 170 valence electrons. The van der Waals surface area contributed by atoms with E-state index < -0.39 is 6.04 Å². The van der Waals surface area contributed by atoms with Gasteiger partial charge in [-0.2, -0.15) is 0 Å². The van der Waals surface area contributed by atoms with Crippen molar-refractivity contribution in [2.75, 3.05) is 13.1 Å². The van der Waals surface area contributed by atoms with Crippen LogP contribution in [0.15, 0.2) is 78.2 Å². The lowest BCUT2D eigenvalue weighted by Crippen LogP contribution is -2.60. The van der Waals surface area contributed by atoms with Crippen LogP contribution in [0.3, 0.4) is 0 Å². The maximum atomic E-state index is 13.4. The molecule has 0 aliphatic carbocycles. The van der Waals surface area contributed by atoms with Gasteiger partial charge in [-0.25, -0.2) is 0 Å². The monoisotopic (exact) mass is 461 g/mol. The maximum Gasteiger partial charge on any atom is 0.246 e. The molecule has 7 heteroatoms. The van der Waals surface area contributed by atoms with Gasteiger partial charge >= 0.3 is 0 Å². The van der Waals surface area contributed by atoms with Crippen molar-refractivity contribution in [1.82, 2.24) is 15.1 Å². The molecule has 3 aromatic rings. The van der Waals surface area contributed by atoms with Gasteiger partial charge in [0.15, 0.2) is 0 Å². The first-order valence-corrected chi connectivity index (χ1v) is 11.9. The summed E-state index contributed by atoms with van der Waals surface area (Å²) < 4.78 is 0. The summed E-state index contributed by atoms with van der Waals surface area (Å²) in [4.78, 5) is 43.5. The first kappa shape index (κ1) is 22.7. The molecule has 1 aliphatic rings. The predicted molar refractivity (Wildman–Crippen MR) is 128 cm³/mol. The molecule has 0 bridgehead atoms. The molecule has 3 amide bonds. The van der Waals surface area contributed by atoms with E-state index in [-0.39, 0.29) is 30.7 Å². The maximum absolute atomic E-state index is 13.4. The van der Waals surface area contributed by atoms with Crippen LogP contribution < -0.4 is 5.32 Å². The molecule has 0 spiro atoms. The molecule has 1 aromatic heterocycles. The summed E-state index contributed by atoms with van der Waals surface area (Å²) >= 11 is 1.62. The summed E-state index contributed by atoms with van der Waals surface area (Å²) in [7, 11) is 0. The topological polar surface area (TPSA) is 69.7 Å². The molecular weight excluding hydrogens is 434 g/mol. The highest BCUT2D eigenvalue weighted by Gasteiger charge is 2.40. The Hall–Kier alpha value is -3.45. The molecule has 1 N–H and O–H groups in total. The molecule has 1 atom stereocenters. The lowest BCUT2D eigenvalue weighted by atomic mass is 10.0. The molecule has 1 fully saturated rings. The summed E-state index contributed by atoms with van der Waals surface area (Å²) in [6, 6.07) is 22.4. The first-order chi connectivity index (χ1) is 16.1. The first-order valence-electron chi connectivity index (χ1n) is 11.1. The average Bonchev–Trinajstić information content (AvgIpc) is 3.35. The predicted octanol–water partition coefficient (Wildman–Crippen LogP) is 3.24. The van der Waals surface area contributed by atoms with Crippen molar-refractivity contribution in [3.63, 3.8) is 0 Å². The van der Waals surface area contributed by atoms with Crippen LogP contribution in [0.5, 0.6) is 0 Å². The second kappa shape index (κ2) is 10.9. The number of piperazine rings is 1. The quantitative estimate of drug-likeness (QED) is 0.532. The van der Waals surface area contributed by atoms with E-state index in [0.29, 0.717) is 26.1 Å². The van der Waals surface area contributed by atoms with E-state index in [1.54, 1.807) is 21.1 Å². The minimum atomic E-state index is -0.800. The molecule has 2 heterocycles. The van der Waals surface area contributed by atoms with E-state index >= 15 is 0 Å². The Bertz CT molecular complexity index is 1070. The zero-order valence-electron chi connectivity index (χ0n) is 18.4. The fourth-order valence-electron chi connectivity index (χ4n) is 4.00. The van der Waals surface area contributed by atoms with Crippen LogP contribution in [-0.2, 0) is 33.9 Å². The highest BCUT2D eigenvalue weighted by Crippen LogP contribution is 2.20. The Balaban J connectivity index is 1.46. The van der Waals surface area contributed by atoms with E-state index in [4.69, 9.17) is 0 Å². The fraction of sp³-hybridized carbons (Fsp3) is 0.269. The molecule has 1 saturated heterocycles. The summed E-state index contributed by atoms with van der Waals surface area (Å²) in [6.07, 6.45) is 0.616. The smallest absolute Gasteiger partial charge is 0.246 e. The molecule has 2 aromatic carbocycles. The number of rotatable bonds is 9. The van der Waals surface area contributed by atoms with Crippen LogP contribution in [0.25, 0.3) is 0 Å². The lowest BCUT2D eigenvalue weighted by molar-refractivity contribution is -0.157. The third-order valence-electron chi connectivity index (χ3n) is 5.73. The number of amides is 3. The van der Waals surface area contributed by atoms with Gasteiger partial charge in [-0.1, -0.05) is 66.7 Å². The highest BCUT2D eigenvalue weighted by atomic mass is 32.1. The van der Waals surface area contributed by atoms with Crippen molar-refractivity contribution < 1.29 is 14.4 Å². The van der Waals surface area contributed by atoms with Crippen molar-refractivity contribution in [3.05, 3.63) is 94.2 Å². The second-order valence-corrected chi connectivity index (χ2v) is 9.11. The molecule has 4 rings (SSSR count). The zero-order chi connectivity index (χ0) is 23.0. The number of nitrogens with one attached hydrogen (secondary N) is 1. The molecule has 1 aliphatic heterocycles. The Morgan fingerprint density at radius 3 is 2.30 bits per heavy atom. The van der Waals surface area contributed by atoms with E-state index in [2.05, 4.69) is 5.32 Å². The third kappa shape index (κ3) is 6.08. The Morgan fingerprint density at radius 1 is 0.939 bits per heavy atom. The number of thiophene rings is 1. The molecule has 6 nitrogen and oxygen atoms in total. The van der Waals surface area contributed by atoms with Crippen molar-refractivity contribution in [1.29, 1.82) is 0 Å². The van der Waals surface area contributed by atoms with Gasteiger partial charge in [-0.15, -0.1) is 11.3 Å². The number of nitrogens with zero attached hydrogens (tertiary/aromatic N) is 2. The third-order valence-corrected chi connectivity index (χ3v) is 6.66. The van der Waals surface area contributed by atoms with Crippen molar-refractivity contribution in [2.24, 2.45) is 0 Å². The van der Waals surface area contributed by atoms with Crippen molar-refractivity contribution in [3.8, 4) is 0 Å². The number of carbonyl (C=O) groups is 3. The van der Waals surface area contributed by atoms with Crippen molar-refractivity contribution in [2.45, 2.75) is 32.0 Å². The number of carbonyl (C=O) groups excluding carboxylic acids is 3. The molecule has 33 heavy (non-hydrogen) atoms. The van der Waals surface area contributed by atoms with Gasteiger partial charge in [0, 0.05) is 24.5 Å². The Morgan fingerprint density at radius 2 is 1.64 bits per heavy atom. The van der Waals surface area contributed by atoms with E-state index in [0.717, 1.165) is 16.0 Å². The van der Waals surface area contributed by atoms with Gasteiger partial charge in [0.2, 0.25) is 17.7 Å². The Kier molecular flexibility index (Phi) is 7.52.